The van der Waals surface area contributed by atoms with E-state index in [1.54, 1.807) is 0 Å². The number of ether oxygens (including phenoxy) is 1. The van der Waals surface area contributed by atoms with Gasteiger partial charge < -0.3 is 15.2 Å². The van der Waals surface area contributed by atoms with Gasteiger partial charge in [0.05, 0.1) is 17.4 Å². The van der Waals surface area contributed by atoms with E-state index in [1.807, 2.05) is 0 Å². The van der Waals surface area contributed by atoms with E-state index in [0.29, 0.717) is 0 Å². The molecule has 2 atom stereocenters. The maximum atomic E-state index is 12.1. The van der Waals surface area contributed by atoms with E-state index in [0.717, 1.165) is 18.2 Å². The number of hydrogen-bond donors (Lipinski definition) is 2. The molecule has 1 amide bonds. The molecular weight excluding hydrogens is 305 g/mol. The largest absolute Gasteiger partial charge is 0.573 e. The van der Waals surface area contributed by atoms with Crippen LogP contribution in [0.25, 0.3) is 0 Å². The lowest BCUT2D eigenvalue weighted by atomic mass is 10.2. The molecule has 1 saturated carbocycles. The van der Waals surface area contributed by atoms with Crippen molar-refractivity contribution < 1.29 is 32.6 Å². The van der Waals surface area contributed by atoms with Crippen LogP contribution in [0.1, 0.15) is 12.0 Å². The standard InChI is InChI=1S/C13H9F3N2O4/c14-13(15,16)22-10-2-1-7(3-6(10)5-17)18-11(19)8-4-9(8)12(20)21/h1-3,8-9H,4H2,(H,18,19)(H,20,21)/t8-,9+/m0/s1. The minimum Gasteiger partial charge on any atom is -0.481 e. The molecule has 1 aliphatic rings. The SMILES string of the molecule is N#Cc1cc(NC(=O)[C@H]2C[C@H]2C(=O)O)ccc1OC(F)(F)F. The van der Waals surface area contributed by atoms with Gasteiger partial charge in [-0.05, 0) is 24.6 Å². The summed E-state index contributed by atoms with van der Waals surface area (Å²) in [5.74, 6) is -3.73. The van der Waals surface area contributed by atoms with E-state index < -0.39 is 41.4 Å². The quantitative estimate of drug-likeness (QED) is 0.886. The molecule has 0 radical (unpaired) electrons. The molecule has 2 N–H and O–H groups in total. The molecule has 116 valence electrons. The Morgan fingerprint density at radius 3 is 2.55 bits per heavy atom. The van der Waals surface area contributed by atoms with E-state index in [-0.39, 0.29) is 12.1 Å². The fourth-order valence-electron chi connectivity index (χ4n) is 1.90. The number of nitrogens with zero attached hydrogens (tertiary/aromatic N) is 1. The molecule has 6 nitrogen and oxygen atoms in total. The number of nitriles is 1. The highest BCUT2D eigenvalue weighted by Gasteiger charge is 2.48. The number of anilines is 1. The summed E-state index contributed by atoms with van der Waals surface area (Å²) < 4.78 is 40.1. The van der Waals surface area contributed by atoms with E-state index in [2.05, 4.69) is 10.1 Å². The molecule has 0 aromatic heterocycles. The van der Waals surface area contributed by atoms with Crippen LogP contribution < -0.4 is 10.1 Å². The molecule has 0 bridgehead atoms. The second-order valence-corrected chi connectivity index (χ2v) is 4.65. The van der Waals surface area contributed by atoms with E-state index >= 15 is 0 Å². The Labute approximate surface area is 122 Å². The van der Waals surface area contributed by atoms with Crippen molar-refractivity contribution in [2.45, 2.75) is 12.8 Å². The summed E-state index contributed by atoms with van der Waals surface area (Å²) in [6.07, 6.45) is -4.72. The van der Waals surface area contributed by atoms with Gasteiger partial charge in [0.1, 0.15) is 11.8 Å². The highest BCUT2D eigenvalue weighted by atomic mass is 19.4. The molecule has 1 aromatic carbocycles. The lowest BCUT2D eigenvalue weighted by Crippen LogP contribution is -2.19. The first-order valence-electron chi connectivity index (χ1n) is 6.05. The molecule has 1 aromatic rings. The monoisotopic (exact) mass is 314 g/mol. The van der Waals surface area contributed by atoms with Crippen LogP contribution >= 0.6 is 0 Å². The van der Waals surface area contributed by atoms with Crippen molar-refractivity contribution in [3.63, 3.8) is 0 Å². The van der Waals surface area contributed by atoms with E-state index in [4.69, 9.17) is 10.4 Å². The highest BCUT2D eigenvalue weighted by molar-refractivity contribution is 5.98. The Hall–Kier alpha value is -2.76. The van der Waals surface area contributed by atoms with Crippen LogP contribution in [-0.4, -0.2) is 23.3 Å². The van der Waals surface area contributed by atoms with Gasteiger partial charge in [0.15, 0.2) is 0 Å². The maximum Gasteiger partial charge on any atom is 0.573 e. The van der Waals surface area contributed by atoms with Crippen LogP contribution in [0.2, 0.25) is 0 Å². The summed E-state index contributed by atoms with van der Waals surface area (Å²) in [6, 6.07) is 4.60. The number of aliphatic carboxylic acids is 1. The van der Waals surface area contributed by atoms with Crippen LogP contribution in [0, 0.1) is 23.2 Å². The predicted octanol–water partition coefficient (Wildman–Crippen LogP) is 2.12. The molecule has 9 heteroatoms. The maximum absolute atomic E-state index is 12.1. The fraction of sp³-hybridized carbons (Fsp3) is 0.308. The summed E-state index contributed by atoms with van der Waals surface area (Å²) in [7, 11) is 0. The number of rotatable bonds is 4. The van der Waals surface area contributed by atoms with Gasteiger partial charge in [-0.25, -0.2) is 0 Å². The Kier molecular flexibility index (Phi) is 3.95. The predicted molar refractivity (Wildman–Crippen MR) is 65.7 cm³/mol. The summed E-state index contributed by atoms with van der Waals surface area (Å²) in [5.41, 5.74) is -0.312. The van der Waals surface area contributed by atoms with Crippen LogP contribution in [-0.2, 0) is 9.59 Å². The number of carbonyl (C=O) groups excluding carboxylic acids is 1. The van der Waals surface area contributed by atoms with Crippen LogP contribution in [0.3, 0.4) is 0 Å². The van der Waals surface area contributed by atoms with Gasteiger partial charge in [0, 0.05) is 5.69 Å². The van der Waals surface area contributed by atoms with Gasteiger partial charge in [-0.1, -0.05) is 0 Å². The second kappa shape index (κ2) is 5.55. The first kappa shape index (κ1) is 15.6. The van der Waals surface area contributed by atoms with Crippen molar-refractivity contribution in [3.8, 4) is 11.8 Å². The average molecular weight is 314 g/mol. The lowest BCUT2D eigenvalue weighted by molar-refractivity contribution is -0.274. The number of hydrogen-bond acceptors (Lipinski definition) is 4. The van der Waals surface area contributed by atoms with Gasteiger partial charge in [-0.3, -0.25) is 9.59 Å². The number of benzene rings is 1. The Bertz CT molecular complexity index is 666. The van der Waals surface area contributed by atoms with Crippen molar-refractivity contribution in [3.05, 3.63) is 23.8 Å². The minimum absolute atomic E-state index is 0.0899. The Balaban J connectivity index is 2.09. The summed E-state index contributed by atoms with van der Waals surface area (Å²) in [6.45, 7) is 0. The van der Waals surface area contributed by atoms with Crippen molar-refractivity contribution in [2.24, 2.45) is 11.8 Å². The second-order valence-electron chi connectivity index (χ2n) is 4.65. The molecule has 0 spiro atoms. The van der Waals surface area contributed by atoms with Gasteiger partial charge in [0.25, 0.3) is 0 Å². The van der Waals surface area contributed by atoms with Gasteiger partial charge in [0.2, 0.25) is 5.91 Å². The van der Waals surface area contributed by atoms with Crippen molar-refractivity contribution in [2.75, 3.05) is 5.32 Å². The third-order valence-corrected chi connectivity index (χ3v) is 3.04. The highest BCUT2D eigenvalue weighted by Crippen LogP contribution is 2.39. The molecule has 0 heterocycles. The molecule has 0 saturated heterocycles. The topological polar surface area (TPSA) is 99.4 Å². The van der Waals surface area contributed by atoms with Crippen LogP contribution in [0.5, 0.6) is 5.75 Å². The minimum atomic E-state index is -4.93. The summed E-state index contributed by atoms with van der Waals surface area (Å²) >= 11 is 0. The van der Waals surface area contributed by atoms with Crippen molar-refractivity contribution >= 4 is 17.6 Å². The molecule has 1 fully saturated rings. The van der Waals surface area contributed by atoms with E-state index in [1.165, 1.54) is 6.07 Å². The zero-order valence-corrected chi connectivity index (χ0v) is 10.8. The number of carboxylic acid groups (broad SMARTS) is 1. The molecule has 2 rings (SSSR count). The van der Waals surface area contributed by atoms with Gasteiger partial charge >= 0.3 is 12.3 Å². The Morgan fingerprint density at radius 2 is 2.05 bits per heavy atom. The first-order chi connectivity index (χ1) is 10.2. The number of amides is 1. The molecule has 22 heavy (non-hydrogen) atoms. The van der Waals surface area contributed by atoms with Crippen molar-refractivity contribution in [1.82, 2.24) is 0 Å². The third-order valence-electron chi connectivity index (χ3n) is 3.04. The fourth-order valence-corrected chi connectivity index (χ4v) is 1.90. The molecular formula is C13H9F3N2O4. The van der Waals surface area contributed by atoms with Crippen molar-refractivity contribution in [1.29, 1.82) is 5.26 Å². The number of carbonyl (C=O) groups is 2. The zero-order chi connectivity index (χ0) is 16.5. The normalized spacial score (nSPS) is 19.9. The summed E-state index contributed by atoms with van der Waals surface area (Å²) in [5, 5.41) is 19.9. The third kappa shape index (κ3) is 3.66. The smallest absolute Gasteiger partial charge is 0.481 e. The first-order valence-corrected chi connectivity index (χ1v) is 6.05. The molecule has 0 aliphatic heterocycles. The van der Waals surface area contributed by atoms with E-state index in [9.17, 15) is 22.8 Å². The molecule has 1 aliphatic carbocycles. The number of nitrogens with one attached hydrogen (secondary N) is 1. The van der Waals surface area contributed by atoms with Crippen LogP contribution in [0.15, 0.2) is 18.2 Å². The summed E-state index contributed by atoms with van der Waals surface area (Å²) in [4.78, 5) is 22.4. The van der Waals surface area contributed by atoms with Gasteiger partial charge in [-0.2, -0.15) is 5.26 Å². The number of alkyl halides is 3. The Morgan fingerprint density at radius 1 is 1.36 bits per heavy atom. The van der Waals surface area contributed by atoms with Crippen LogP contribution in [0.4, 0.5) is 18.9 Å². The lowest BCUT2D eigenvalue weighted by Gasteiger charge is -2.11. The number of carboxylic acids is 1. The number of halogens is 3. The zero-order valence-electron chi connectivity index (χ0n) is 10.8. The average Bonchev–Trinajstić information content (AvgIpc) is 3.19. The molecule has 0 unspecified atom stereocenters. The van der Waals surface area contributed by atoms with Gasteiger partial charge in [-0.15, -0.1) is 13.2 Å².